The number of fused-ring (bicyclic) bond motifs is 1. The Hall–Kier alpha value is -1.75. The summed E-state index contributed by atoms with van der Waals surface area (Å²) in [5, 5.41) is 7.90. The molecule has 1 aliphatic carbocycles. The molecule has 1 fully saturated rings. The first-order valence-electron chi connectivity index (χ1n) is 7.41. The lowest BCUT2D eigenvalue weighted by atomic mass is 9.80. The van der Waals surface area contributed by atoms with Crippen molar-refractivity contribution in [2.24, 2.45) is 7.05 Å². The lowest BCUT2D eigenvalue weighted by molar-refractivity contribution is 0.404. The number of hydrogen-bond donors (Lipinski definition) is 1. The van der Waals surface area contributed by atoms with Crippen LogP contribution in [0.3, 0.4) is 0 Å². The summed E-state index contributed by atoms with van der Waals surface area (Å²) in [6, 6.07) is 1.99. The molecule has 0 amide bonds. The molecule has 5 nitrogen and oxygen atoms in total. The molecule has 1 aliphatic heterocycles. The van der Waals surface area contributed by atoms with Crippen molar-refractivity contribution in [3.8, 4) is 11.5 Å². The summed E-state index contributed by atoms with van der Waals surface area (Å²) in [5.41, 5.74) is 4.73. The smallest absolute Gasteiger partial charge is 0.180 e. The molecule has 2 aromatic heterocycles. The highest BCUT2D eigenvalue weighted by atomic mass is 15.3. The van der Waals surface area contributed by atoms with Crippen molar-refractivity contribution in [3.63, 3.8) is 0 Å². The van der Waals surface area contributed by atoms with Crippen LogP contribution in [-0.2, 0) is 20.0 Å². The molecule has 0 bridgehead atoms. The van der Waals surface area contributed by atoms with Crippen LogP contribution < -0.4 is 5.32 Å². The summed E-state index contributed by atoms with van der Waals surface area (Å²) in [6.45, 7) is 1.93. The van der Waals surface area contributed by atoms with Gasteiger partial charge in [0.2, 0.25) is 0 Å². The van der Waals surface area contributed by atoms with Crippen LogP contribution in [0.5, 0.6) is 0 Å². The number of hydrogen-bond acceptors (Lipinski definition) is 4. The highest BCUT2D eigenvalue weighted by molar-refractivity contribution is 5.50. The zero-order chi connectivity index (χ0) is 13.5. The molecule has 104 valence electrons. The maximum Gasteiger partial charge on any atom is 0.180 e. The Balaban J connectivity index is 1.83. The van der Waals surface area contributed by atoms with Crippen LogP contribution in [0.1, 0.15) is 42.1 Å². The van der Waals surface area contributed by atoms with Gasteiger partial charge in [0, 0.05) is 44.2 Å². The molecule has 0 atom stereocenters. The second-order valence-corrected chi connectivity index (χ2v) is 5.79. The first-order valence-corrected chi connectivity index (χ1v) is 7.41. The van der Waals surface area contributed by atoms with Crippen molar-refractivity contribution >= 4 is 0 Å². The van der Waals surface area contributed by atoms with E-state index in [0.29, 0.717) is 5.92 Å². The molecule has 2 aliphatic rings. The summed E-state index contributed by atoms with van der Waals surface area (Å²) >= 11 is 0. The van der Waals surface area contributed by atoms with Crippen molar-refractivity contribution in [1.29, 1.82) is 0 Å². The molecule has 0 spiro atoms. The van der Waals surface area contributed by atoms with E-state index < -0.39 is 0 Å². The third kappa shape index (κ3) is 1.93. The second-order valence-electron chi connectivity index (χ2n) is 5.79. The molecule has 0 radical (unpaired) electrons. The first-order chi connectivity index (χ1) is 9.81. The number of nitrogens with zero attached hydrogens (tertiary/aromatic N) is 4. The molecule has 3 heterocycles. The summed E-state index contributed by atoms with van der Waals surface area (Å²) in [6.07, 6.45) is 6.81. The number of aryl methyl sites for hydroxylation is 1. The van der Waals surface area contributed by atoms with E-state index >= 15 is 0 Å². The Morgan fingerprint density at radius 3 is 2.90 bits per heavy atom. The van der Waals surface area contributed by atoms with Crippen LogP contribution in [0.4, 0.5) is 0 Å². The van der Waals surface area contributed by atoms with Crippen molar-refractivity contribution in [1.82, 2.24) is 25.1 Å². The van der Waals surface area contributed by atoms with E-state index in [9.17, 15) is 0 Å². The summed E-state index contributed by atoms with van der Waals surface area (Å²) in [5.74, 6) is 1.43. The van der Waals surface area contributed by atoms with Gasteiger partial charge in [-0.1, -0.05) is 6.42 Å². The van der Waals surface area contributed by atoms with E-state index in [-0.39, 0.29) is 0 Å². The molecule has 0 aromatic carbocycles. The minimum atomic E-state index is 0.633. The maximum atomic E-state index is 4.86. The molecular formula is C15H19N5. The molecule has 1 N–H and O–H groups in total. The molecule has 1 saturated carbocycles. The fraction of sp³-hybridized carbons (Fsp3) is 0.533. The molecule has 0 saturated heterocycles. The van der Waals surface area contributed by atoms with Crippen molar-refractivity contribution in [2.45, 2.75) is 38.1 Å². The second kappa shape index (κ2) is 4.66. The van der Waals surface area contributed by atoms with Crippen LogP contribution >= 0.6 is 0 Å². The third-order valence-electron chi connectivity index (χ3n) is 4.40. The van der Waals surface area contributed by atoms with E-state index in [0.717, 1.165) is 31.0 Å². The highest BCUT2D eigenvalue weighted by Crippen LogP contribution is 2.38. The van der Waals surface area contributed by atoms with Gasteiger partial charge in [-0.2, -0.15) is 5.10 Å². The van der Waals surface area contributed by atoms with Gasteiger partial charge in [0.15, 0.2) is 5.82 Å². The van der Waals surface area contributed by atoms with Crippen molar-refractivity contribution in [2.75, 3.05) is 6.54 Å². The quantitative estimate of drug-likeness (QED) is 0.903. The minimum Gasteiger partial charge on any atom is -0.312 e. The number of rotatable bonds is 2. The Labute approximate surface area is 118 Å². The number of nitrogens with one attached hydrogen (secondary N) is 1. The molecule has 0 unspecified atom stereocenters. The van der Waals surface area contributed by atoms with E-state index in [2.05, 4.69) is 10.4 Å². The maximum absolute atomic E-state index is 4.86. The normalized spacial score (nSPS) is 18.6. The summed E-state index contributed by atoms with van der Waals surface area (Å²) in [7, 11) is 1.93. The first kappa shape index (κ1) is 12.0. The molecular weight excluding hydrogens is 250 g/mol. The van der Waals surface area contributed by atoms with Crippen LogP contribution in [0.25, 0.3) is 11.5 Å². The zero-order valence-electron chi connectivity index (χ0n) is 11.8. The molecule has 5 heteroatoms. The summed E-state index contributed by atoms with van der Waals surface area (Å²) < 4.78 is 1.81. The van der Waals surface area contributed by atoms with Crippen LogP contribution in [0.2, 0.25) is 0 Å². The predicted octanol–water partition coefficient (Wildman–Crippen LogP) is 1.79. The zero-order valence-corrected chi connectivity index (χ0v) is 11.8. The Morgan fingerprint density at radius 2 is 2.20 bits per heavy atom. The van der Waals surface area contributed by atoms with Gasteiger partial charge in [-0.3, -0.25) is 4.68 Å². The third-order valence-corrected chi connectivity index (χ3v) is 4.40. The highest BCUT2D eigenvalue weighted by Gasteiger charge is 2.28. The Morgan fingerprint density at radius 1 is 1.30 bits per heavy atom. The van der Waals surface area contributed by atoms with Gasteiger partial charge in [-0.25, -0.2) is 9.97 Å². The lowest BCUT2D eigenvalue weighted by Crippen LogP contribution is -2.28. The van der Waals surface area contributed by atoms with Crippen LogP contribution in [0, 0.1) is 0 Å². The molecule has 4 rings (SSSR count). The van der Waals surface area contributed by atoms with Gasteiger partial charge in [0.25, 0.3) is 0 Å². The fourth-order valence-corrected chi connectivity index (χ4v) is 3.04. The minimum absolute atomic E-state index is 0.633. The lowest BCUT2D eigenvalue weighted by Gasteiger charge is -2.29. The van der Waals surface area contributed by atoms with Gasteiger partial charge in [-0.15, -0.1) is 0 Å². The van der Waals surface area contributed by atoms with Crippen LogP contribution in [-0.4, -0.2) is 26.3 Å². The monoisotopic (exact) mass is 269 g/mol. The standard InChI is InChI=1S/C15H19N5/c1-20-8-6-13(19-20)15-17-12-5-7-16-9-11(12)14(18-15)10-3-2-4-10/h6,8,10,16H,2-5,7,9H2,1H3. The SMILES string of the molecule is Cn1ccc(-c2nc3c(c(C4CCC4)n2)CNCC3)n1. The van der Waals surface area contributed by atoms with Gasteiger partial charge >= 0.3 is 0 Å². The topological polar surface area (TPSA) is 55.6 Å². The van der Waals surface area contributed by atoms with Gasteiger partial charge in [0.05, 0.1) is 11.4 Å². The number of aromatic nitrogens is 4. The van der Waals surface area contributed by atoms with Crippen LogP contribution in [0.15, 0.2) is 12.3 Å². The predicted molar refractivity (Wildman–Crippen MR) is 76.2 cm³/mol. The van der Waals surface area contributed by atoms with Crippen molar-refractivity contribution in [3.05, 3.63) is 29.2 Å². The average Bonchev–Trinajstić information content (AvgIpc) is 2.83. The summed E-state index contributed by atoms with van der Waals surface area (Å²) in [4.78, 5) is 9.64. The molecule has 20 heavy (non-hydrogen) atoms. The Kier molecular flexibility index (Phi) is 2.80. The van der Waals surface area contributed by atoms with Crippen molar-refractivity contribution < 1.29 is 0 Å². The average molecular weight is 269 g/mol. The van der Waals surface area contributed by atoms with E-state index in [4.69, 9.17) is 9.97 Å². The van der Waals surface area contributed by atoms with E-state index in [1.54, 1.807) is 0 Å². The largest absolute Gasteiger partial charge is 0.312 e. The van der Waals surface area contributed by atoms with E-state index in [1.807, 2.05) is 24.0 Å². The molecule has 2 aromatic rings. The van der Waals surface area contributed by atoms with Gasteiger partial charge in [0.1, 0.15) is 5.69 Å². The Bertz CT molecular complexity index is 642. The van der Waals surface area contributed by atoms with E-state index in [1.165, 1.54) is 36.2 Å². The van der Waals surface area contributed by atoms with Gasteiger partial charge < -0.3 is 5.32 Å². The fourth-order valence-electron chi connectivity index (χ4n) is 3.04. The van der Waals surface area contributed by atoms with Gasteiger partial charge in [-0.05, 0) is 18.9 Å².